The van der Waals surface area contributed by atoms with E-state index in [4.69, 9.17) is 14.5 Å². The lowest BCUT2D eigenvalue weighted by atomic mass is 10.0. The monoisotopic (exact) mass is 490 g/mol. The third-order valence-electron chi connectivity index (χ3n) is 5.99. The van der Waals surface area contributed by atoms with Gasteiger partial charge in [-0.3, -0.25) is 4.79 Å². The van der Waals surface area contributed by atoms with Crippen LogP contribution in [0, 0.1) is 19.7 Å². The Morgan fingerprint density at radius 1 is 1.06 bits per heavy atom. The number of amides is 1. The van der Waals surface area contributed by atoms with Crippen molar-refractivity contribution in [2.24, 2.45) is 0 Å². The summed E-state index contributed by atoms with van der Waals surface area (Å²) in [4.78, 5) is 17.4. The van der Waals surface area contributed by atoms with Crippen molar-refractivity contribution in [3.63, 3.8) is 0 Å². The van der Waals surface area contributed by atoms with E-state index in [0.29, 0.717) is 49.8 Å². The Morgan fingerprint density at radius 2 is 1.81 bits per heavy atom. The van der Waals surface area contributed by atoms with E-state index in [1.165, 1.54) is 12.1 Å². The van der Waals surface area contributed by atoms with Crippen molar-refractivity contribution in [2.75, 3.05) is 13.2 Å². The highest BCUT2D eigenvalue weighted by Crippen LogP contribution is 2.32. The zero-order chi connectivity index (χ0) is 25.7. The van der Waals surface area contributed by atoms with Gasteiger partial charge in [-0.2, -0.15) is 10.1 Å². The van der Waals surface area contributed by atoms with Gasteiger partial charge in [0.2, 0.25) is 11.8 Å². The van der Waals surface area contributed by atoms with E-state index in [1.54, 1.807) is 16.8 Å². The number of aromatic nitrogens is 3. The minimum atomic E-state index is -0.344. The molecule has 1 N–H and O–H groups in total. The molecule has 8 heteroatoms. The summed E-state index contributed by atoms with van der Waals surface area (Å²) in [6, 6.07) is 13.9. The summed E-state index contributed by atoms with van der Waals surface area (Å²) in [5.74, 6) is 0.881. The van der Waals surface area contributed by atoms with Gasteiger partial charge in [-0.1, -0.05) is 18.2 Å². The van der Waals surface area contributed by atoms with E-state index < -0.39 is 0 Å². The fourth-order valence-electron chi connectivity index (χ4n) is 4.27. The molecule has 4 rings (SSSR count). The fraction of sp³-hybridized carbons (Fsp3) is 0.321. The van der Waals surface area contributed by atoms with Crippen molar-refractivity contribution in [1.29, 1.82) is 0 Å². The average Bonchev–Trinajstić information content (AvgIpc) is 3.20. The van der Waals surface area contributed by atoms with Gasteiger partial charge in [0.05, 0.1) is 24.6 Å². The highest BCUT2D eigenvalue weighted by atomic mass is 19.1. The van der Waals surface area contributed by atoms with Crippen LogP contribution in [0.1, 0.15) is 42.7 Å². The molecule has 2 heterocycles. The van der Waals surface area contributed by atoms with Crippen molar-refractivity contribution in [2.45, 2.75) is 47.1 Å². The summed E-state index contributed by atoms with van der Waals surface area (Å²) in [5.41, 5.74) is 4.81. The maximum atomic E-state index is 13.9. The smallest absolute Gasteiger partial charge is 0.220 e. The number of halogens is 1. The first-order valence-electron chi connectivity index (χ1n) is 12.2. The van der Waals surface area contributed by atoms with Crippen LogP contribution in [0.3, 0.4) is 0 Å². The van der Waals surface area contributed by atoms with E-state index >= 15 is 0 Å². The standard InChI is InChI=1S/C28H31FN4O3/c1-5-35-23-12-10-20(11-13-23)17-30-25(34)15-14-24-18(3)26-19(4)32-33(22-9-7-8-21(29)16-22)27(26)31-28(24)36-6-2/h7-13,16H,5-6,14-15,17H2,1-4H3,(H,30,34). The number of hydrogen-bond donors (Lipinski definition) is 1. The van der Waals surface area contributed by atoms with Crippen LogP contribution in [-0.2, 0) is 17.8 Å². The van der Waals surface area contributed by atoms with Crippen molar-refractivity contribution in [3.8, 4) is 17.3 Å². The number of rotatable bonds is 10. The third-order valence-corrected chi connectivity index (χ3v) is 5.99. The molecule has 7 nitrogen and oxygen atoms in total. The van der Waals surface area contributed by atoms with Crippen molar-refractivity contribution in [1.82, 2.24) is 20.1 Å². The van der Waals surface area contributed by atoms with Crippen LogP contribution in [0.4, 0.5) is 4.39 Å². The minimum Gasteiger partial charge on any atom is -0.494 e. The minimum absolute atomic E-state index is 0.0574. The van der Waals surface area contributed by atoms with Crippen molar-refractivity contribution < 1.29 is 18.7 Å². The zero-order valence-electron chi connectivity index (χ0n) is 21.1. The third kappa shape index (κ3) is 5.48. The van der Waals surface area contributed by atoms with Crippen LogP contribution in [0.2, 0.25) is 0 Å². The first-order valence-corrected chi connectivity index (χ1v) is 12.2. The molecule has 0 aliphatic carbocycles. The van der Waals surface area contributed by atoms with Gasteiger partial charge in [0.15, 0.2) is 5.65 Å². The summed E-state index contributed by atoms with van der Waals surface area (Å²) in [6.07, 6.45) is 0.770. The molecule has 0 saturated heterocycles. The Labute approximate surface area is 210 Å². The quantitative estimate of drug-likeness (QED) is 0.330. The van der Waals surface area contributed by atoms with Crippen LogP contribution in [0.25, 0.3) is 16.7 Å². The molecule has 188 valence electrons. The highest BCUT2D eigenvalue weighted by molar-refractivity contribution is 5.86. The number of hydrogen-bond acceptors (Lipinski definition) is 5. The molecule has 36 heavy (non-hydrogen) atoms. The topological polar surface area (TPSA) is 78.3 Å². The molecule has 2 aromatic heterocycles. The molecule has 0 bridgehead atoms. The van der Waals surface area contributed by atoms with Gasteiger partial charge in [-0.15, -0.1) is 0 Å². The molecule has 4 aromatic rings. The molecule has 2 aromatic carbocycles. The van der Waals surface area contributed by atoms with Crippen molar-refractivity contribution >= 4 is 16.9 Å². The summed E-state index contributed by atoms with van der Waals surface area (Å²) in [5, 5.41) is 8.48. The van der Waals surface area contributed by atoms with Gasteiger partial charge in [0, 0.05) is 23.9 Å². The number of carbonyl (C=O) groups excluding carboxylic acids is 1. The highest BCUT2D eigenvalue weighted by Gasteiger charge is 2.21. The lowest BCUT2D eigenvalue weighted by molar-refractivity contribution is -0.121. The zero-order valence-corrected chi connectivity index (χ0v) is 21.1. The Balaban J connectivity index is 1.54. The molecule has 0 fully saturated rings. The largest absolute Gasteiger partial charge is 0.494 e. The molecular formula is C28H31FN4O3. The summed E-state index contributed by atoms with van der Waals surface area (Å²) in [6.45, 7) is 9.22. The Bertz CT molecular complexity index is 1370. The number of aryl methyl sites for hydroxylation is 2. The first kappa shape index (κ1) is 25.2. The van der Waals surface area contributed by atoms with E-state index in [2.05, 4.69) is 10.4 Å². The number of nitrogens with zero attached hydrogens (tertiary/aromatic N) is 3. The van der Waals surface area contributed by atoms with Gasteiger partial charge in [-0.25, -0.2) is 9.07 Å². The normalized spacial score (nSPS) is 11.0. The molecule has 0 radical (unpaired) electrons. The lowest BCUT2D eigenvalue weighted by Crippen LogP contribution is -2.23. The number of carbonyl (C=O) groups is 1. The lowest BCUT2D eigenvalue weighted by Gasteiger charge is -2.14. The second-order valence-corrected chi connectivity index (χ2v) is 8.48. The maximum Gasteiger partial charge on any atom is 0.220 e. The molecule has 0 aliphatic heterocycles. The fourth-order valence-corrected chi connectivity index (χ4v) is 4.27. The molecule has 1 amide bonds. The van der Waals surface area contributed by atoms with Gasteiger partial charge >= 0.3 is 0 Å². The molecule has 0 unspecified atom stereocenters. The second kappa shape index (κ2) is 11.2. The molecule has 0 aliphatic rings. The number of fused-ring (bicyclic) bond motifs is 1. The van der Waals surface area contributed by atoms with Crippen LogP contribution < -0.4 is 14.8 Å². The molecule has 0 atom stereocenters. The summed E-state index contributed by atoms with van der Waals surface area (Å²) >= 11 is 0. The van der Waals surface area contributed by atoms with Gasteiger partial charge in [0.1, 0.15) is 11.6 Å². The second-order valence-electron chi connectivity index (χ2n) is 8.48. The van der Waals surface area contributed by atoms with E-state index in [-0.39, 0.29) is 11.7 Å². The van der Waals surface area contributed by atoms with Crippen LogP contribution in [-0.4, -0.2) is 33.9 Å². The Kier molecular flexibility index (Phi) is 7.83. The predicted octanol–water partition coefficient (Wildman–Crippen LogP) is 5.22. The van der Waals surface area contributed by atoms with E-state index in [0.717, 1.165) is 33.5 Å². The van der Waals surface area contributed by atoms with E-state index in [9.17, 15) is 9.18 Å². The van der Waals surface area contributed by atoms with Gasteiger partial charge < -0.3 is 14.8 Å². The van der Waals surface area contributed by atoms with E-state index in [1.807, 2.05) is 52.0 Å². The molecule has 0 spiro atoms. The summed E-state index contributed by atoms with van der Waals surface area (Å²) in [7, 11) is 0. The average molecular weight is 491 g/mol. The first-order chi connectivity index (χ1) is 17.4. The maximum absolute atomic E-state index is 13.9. The number of pyridine rings is 1. The van der Waals surface area contributed by atoms with Crippen LogP contribution in [0.5, 0.6) is 11.6 Å². The molecule has 0 saturated carbocycles. The SMILES string of the molecule is CCOc1ccc(CNC(=O)CCc2c(OCC)nc3c(c(C)nn3-c3cccc(F)c3)c2C)cc1. The Morgan fingerprint density at radius 3 is 2.50 bits per heavy atom. The Hall–Kier alpha value is -3.94. The van der Waals surface area contributed by atoms with Gasteiger partial charge in [0.25, 0.3) is 0 Å². The van der Waals surface area contributed by atoms with Gasteiger partial charge in [-0.05, 0) is 75.6 Å². The summed E-state index contributed by atoms with van der Waals surface area (Å²) < 4.78 is 26.8. The predicted molar refractivity (Wildman–Crippen MR) is 137 cm³/mol. The van der Waals surface area contributed by atoms with Crippen molar-refractivity contribution in [3.05, 3.63) is 76.7 Å². The molecular weight excluding hydrogens is 459 g/mol. The number of ether oxygens (including phenoxy) is 2. The number of benzene rings is 2. The van der Waals surface area contributed by atoms with Crippen LogP contribution >= 0.6 is 0 Å². The number of nitrogens with one attached hydrogen (secondary N) is 1. The van der Waals surface area contributed by atoms with Crippen LogP contribution in [0.15, 0.2) is 48.5 Å².